The number of nitrogen functional groups attached to an aromatic ring is 1. The minimum absolute atomic E-state index is 0.0805. The zero-order valence-corrected chi connectivity index (χ0v) is 17.4. The molecule has 0 radical (unpaired) electrons. The number of H-pyrrole nitrogens is 1. The summed E-state index contributed by atoms with van der Waals surface area (Å²) >= 11 is 7.55. The molecule has 148 valence electrons. The summed E-state index contributed by atoms with van der Waals surface area (Å²) < 4.78 is 26.1. The molecule has 2 heterocycles. The predicted octanol–water partition coefficient (Wildman–Crippen LogP) is 3.85. The number of pyridine rings is 1. The number of nitrogens with two attached hydrogens (primary N) is 1. The Morgan fingerprint density at radius 3 is 2.69 bits per heavy atom. The molecule has 0 aliphatic carbocycles. The van der Waals surface area contributed by atoms with Crippen LogP contribution in [0.5, 0.6) is 0 Å². The normalized spacial score (nSPS) is 11.8. The van der Waals surface area contributed by atoms with Crippen LogP contribution in [0.2, 0.25) is 5.02 Å². The number of nitrogens with one attached hydrogen (secondary N) is 1. The smallest absolute Gasteiger partial charge is 0.182 e. The third-order valence-electron chi connectivity index (χ3n) is 4.22. The number of thioether (sulfide) groups is 1. The van der Waals surface area contributed by atoms with Crippen LogP contribution in [0.15, 0.2) is 64.4 Å². The van der Waals surface area contributed by atoms with Crippen molar-refractivity contribution < 1.29 is 8.42 Å². The van der Waals surface area contributed by atoms with Crippen LogP contribution in [0.1, 0.15) is 11.1 Å². The lowest BCUT2D eigenvalue weighted by Crippen LogP contribution is -2.08. The van der Waals surface area contributed by atoms with E-state index in [0.29, 0.717) is 33.3 Å². The second-order valence-electron chi connectivity index (χ2n) is 6.34. The Morgan fingerprint density at radius 1 is 1.10 bits per heavy atom. The second kappa shape index (κ2) is 8.02. The third kappa shape index (κ3) is 4.36. The molecule has 7 nitrogen and oxygen atoms in total. The van der Waals surface area contributed by atoms with Crippen molar-refractivity contribution in [3.63, 3.8) is 0 Å². The first-order valence-corrected chi connectivity index (χ1v) is 11.6. The summed E-state index contributed by atoms with van der Waals surface area (Å²) in [5, 5.41) is 10.9. The van der Waals surface area contributed by atoms with Crippen molar-refractivity contribution in [1.29, 1.82) is 0 Å². The quantitative estimate of drug-likeness (QED) is 0.433. The highest BCUT2D eigenvalue weighted by atomic mass is 35.5. The fourth-order valence-corrected chi connectivity index (χ4v) is 5.84. The highest BCUT2D eigenvalue weighted by Gasteiger charge is 2.20. The molecule has 29 heavy (non-hydrogen) atoms. The minimum atomic E-state index is -3.55. The van der Waals surface area contributed by atoms with Gasteiger partial charge in [0.2, 0.25) is 0 Å². The first-order valence-electron chi connectivity index (χ1n) is 8.57. The number of aromatic amines is 1. The van der Waals surface area contributed by atoms with Gasteiger partial charge in [-0.1, -0.05) is 47.1 Å². The van der Waals surface area contributed by atoms with Crippen LogP contribution in [0.4, 0.5) is 5.82 Å². The molecule has 0 atom stereocenters. The molecule has 0 aliphatic rings. The van der Waals surface area contributed by atoms with Gasteiger partial charge in [0.25, 0.3) is 0 Å². The predicted molar refractivity (Wildman–Crippen MR) is 114 cm³/mol. The lowest BCUT2D eigenvalue weighted by molar-refractivity contribution is 0.594. The van der Waals surface area contributed by atoms with E-state index in [1.54, 1.807) is 36.4 Å². The molecule has 0 fully saturated rings. The van der Waals surface area contributed by atoms with Gasteiger partial charge in [-0.25, -0.2) is 18.5 Å². The van der Waals surface area contributed by atoms with Gasteiger partial charge in [-0.05, 0) is 35.4 Å². The molecule has 0 saturated heterocycles. The van der Waals surface area contributed by atoms with E-state index < -0.39 is 9.84 Å². The van der Waals surface area contributed by atoms with E-state index >= 15 is 0 Å². The number of hydrogen-bond acceptors (Lipinski definition) is 7. The van der Waals surface area contributed by atoms with Crippen molar-refractivity contribution in [1.82, 2.24) is 20.4 Å². The fraction of sp³-hybridized carbons (Fsp3) is 0.105. The summed E-state index contributed by atoms with van der Waals surface area (Å²) in [6.07, 6.45) is 0. The Bertz CT molecular complexity index is 1280. The molecule has 0 unspecified atom stereocenters. The van der Waals surface area contributed by atoms with Crippen molar-refractivity contribution >= 4 is 50.2 Å². The topological polar surface area (TPSA) is 115 Å². The average Bonchev–Trinajstić information content (AvgIpc) is 3.15. The van der Waals surface area contributed by atoms with Crippen LogP contribution in [-0.4, -0.2) is 28.8 Å². The van der Waals surface area contributed by atoms with Crippen LogP contribution in [-0.2, 0) is 21.3 Å². The number of halogens is 1. The summed E-state index contributed by atoms with van der Waals surface area (Å²) in [6, 6.07) is 15.6. The maximum Gasteiger partial charge on any atom is 0.182 e. The summed E-state index contributed by atoms with van der Waals surface area (Å²) in [7, 11) is -3.55. The average molecular weight is 446 g/mol. The van der Waals surface area contributed by atoms with E-state index in [1.165, 1.54) is 11.8 Å². The van der Waals surface area contributed by atoms with Crippen LogP contribution in [0.25, 0.3) is 11.2 Å². The van der Waals surface area contributed by atoms with Gasteiger partial charge in [0.1, 0.15) is 11.3 Å². The van der Waals surface area contributed by atoms with E-state index in [1.807, 2.05) is 18.2 Å². The summed E-state index contributed by atoms with van der Waals surface area (Å²) in [6.45, 7) is 0. The molecule has 0 amide bonds. The van der Waals surface area contributed by atoms with Crippen molar-refractivity contribution in [3.8, 4) is 0 Å². The largest absolute Gasteiger partial charge is 0.384 e. The van der Waals surface area contributed by atoms with E-state index in [2.05, 4.69) is 20.4 Å². The number of sulfone groups is 1. The molecule has 10 heteroatoms. The van der Waals surface area contributed by atoms with E-state index in [-0.39, 0.29) is 10.6 Å². The Labute approximate surface area is 176 Å². The molecule has 2 aromatic carbocycles. The summed E-state index contributed by atoms with van der Waals surface area (Å²) in [5.74, 6) is 0.618. The van der Waals surface area contributed by atoms with Gasteiger partial charge in [0.05, 0.1) is 10.6 Å². The molecular formula is C19H16ClN5O2S2. The SMILES string of the molecule is Nc1cc(SCc2cc(Cl)ccc2S(=O)(=O)Cc2ccccc2)c2nn[nH]c2n1. The number of fused-ring (bicyclic) bond motifs is 1. The van der Waals surface area contributed by atoms with Crippen LogP contribution >= 0.6 is 23.4 Å². The zero-order chi connectivity index (χ0) is 20.4. The lowest BCUT2D eigenvalue weighted by atomic mass is 10.2. The van der Waals surface area contributed by atoms with Crippen molar-refractivity contribution in [3.05, 3.63) is 70.7 Å². The first kappa shape index (κ1) is 19.7. The maximum absolute atomic E-state index is 13.1. The van der Waals surface area contributed by atoms with Crippen LogP contribution in [0, 0.1) is 0 Å². The third-order valence-corrected chi connectivity index (χ3v) is 7.32. The molecule has 0 bridgehead atoms. The first-order chi connectivity index (χ1) is 13.9. The molecule has 3 N–H and O–H groups in total. The standard InChI is InChI=1S/C19H16ClN5O2S2/c20-14-6-7-16(29(26,27)11-12-4-2-1-3-5-12)13(8-14)10-28-15-9-17(21)22-19-18(15)23-25-24-19/h1-9H,10-11H2,(H3,21,22,23,24,25). The molecule has 0 spiro atoms. The fourth-order valence-electron chi connectivity index (χ4n) is 2.93. The van der Waals surface area contributed by atoms with Crippen molar-refractivity contribution in [2.45, 2.75) is 21.3 Å². The van der Waals surface area contributed by atoms with Gasteiger partial charge in [-0.15, -0.1) is 16.9 Å². The van der Waals surface area contributed by atoms with Gasteiger partial charge in [0.15, 0.2) is 15.5 Å². The molecule has 2 aromatic heterocycles. The molecule has 4 aromatic rings. The minimum Gasteiger partial charge on any atom is -0.384 e. The highest BCUT2D eigenvalue weighted by molar-refractivity contribution is 7.98. The number of benzene rings is 2. The highest BCUT2D eigenvalue weighted by Crippen LogP contribution is 2.33. The number of aromatic nitrogens is 4. The van der Waals surface area contributed by atoms with Gasteiger partial charge in [-0.3, -0.25) is 0 Å². The number of hydrogen-bond donors (Lipinski definition) is 2. The second-order valence-corrected chi connectivity index (χ2v) is 9.75. The molecular weight excluding hydrogens is 430 g/mol. The van der Waals surface area contributed by atoms with Gasteiger partial charge < -0.3 is 5.73 Å². The Kier molecular flexibility index (Phi) is 5.44. The van der Waals surface area contributed by atoms with Gasteiger partial charge in [-0.2, -0.15) is 0 Å². The van der Waals surface area contributed by atoms with Crippen LogP contribution in [0.3, 0.4) is 0 Å². The molecule has 0 aliphatic heterocycles. The Balaban J connectivity index is 1.66. The zero-order valence-electron chi connectivity index (χ0n) is 15.0. The van der Waals surface area contributed by atoms with Gasteiger partial charge in [0, 0.05) is 15.7 Å². The maximum atomic E-state index is 13.1. The van der Waals surface area contributed by atoms with Crippen LogP contribution < -0.4 is 5.73 Å². The monoisotopic (exact) mass is 445 g/mol. The van der Waals surface area contributed by atoms with Gasteiger partial charge >= 0.3 is 0 Å². The molecule has 4 rings (SSSR count). The number of anilines is 1. The summed E-state index contributed by atoms with van der Waals surface area (Å²) in [5.41, 5.74) is 8.26. The number of rotatable bonds is 6. The Hall–Kier alpha value is -2.62. The van der Waals surface area contributed by atoms with Crippen molar-refractivity contribution in [2.75, 3.05) is 5.73 Å². The Morgan fingerprint density at radius 2 is 1.90 bits per heavy atom. The summed E-state index contributed by atoms with van der Waals surface area (Å²) in [4.78, 5) is 5.15. The molecule has 0 saturated carbocycles. The van der Waals surface area contributed by atoms with Crippen molar-refractivity contribution in [2.24, 2.45) is 0 Å². The van der Waals surface area contributed by atoms with E-state index in [0.717, 1.165) is 10.5 Å². The van der Waals surface area contributed by atoms with E-state index in [4.69, 9.17) is 17.3 Å². The van der Waals surface area contributed by atoms with E-state index in [9.17, 15) is 8.42 Å². The lowest BCUT2D eigenvalue weighted by Gasteiger charge is -2.12. The number of nitrogens with zero attached hydrogens (tertiary/aromatic N) is 3.